The Morgan fingerprint density at radius 2 is 1.84 bits per heavy atom. The Kier molecular flexibility index (Phi) is 5.74. The predicted molar refractivity (Wildman–Crippen MR) is 74.5 cm³/mol. The van der Waals surface area contributed by atoms with Gasteiger partial charge in [0.05, 0.1) is 5.56 Å². The van der Waals surface area contributed by atoms with Gasteiger partial charge in [0, 0.05) is 10.4 Å². The Morgan fingerprint density at radius 3 is 2.42 bits per heavy atom. The summed E-state index contributed by atoms with van der Waals surface area (Å²) in [6.45, 7) is 7.14. The molecule has 1 nitrogen and oxygen atoms in total. The van der Waals surface area contributed by atoms with Gasteiger partial charge >= 0.3 is 6.18 Å². The number of rotatable bonds is 5. The summed E-state index contributed by atoms with van der Waals surface area (Å²) < 4.78 is 37.6. The lowest BCUT2D eigenvalue weighted by atomic mass is 10.1. The second-order valence-electron chi connectivity index (χ2n) is 5.40. The average Bonchev–Trinajstić information content (AvgIpc) is 2.26. The molecule has 0 saturated carbocycles. The van der Waals surface area contributed by atoms with Crippen LogP contribution in [0.2, 0.25) is 0 Å². The highest BCUT2D eigenvalue weighted by molar-refractivity contribution is 7.99. The molecule has 19 heavy (non-hydrogen) atoms. The van der Waals surface area contributed by atoms with E-state index < -0.39 is 11.7 Å². The van der Waals surface area contributed by atoms with Gasteiger partial charge in [0.1, 0.15) is 0 Å². The molecular weight excluding hydrogens is 271 g/mol. The summed E-state index contributed by atoms with van der Waals surface area (Å²) in [7, 11) is 0. The van der Waals surface area contributed by atoms with Crippen molar-refractivity contribution in [1.29, 1.82) is 0 Å². The second-order valence-corrected chi connectivity index (χ2v) is 6.57. The van der Waals surface area contributed by atoms with Crippen molar-refractivity contribution in [3.05, 3.63) is 29.8 Å². The Morgan fingerprint density at radius 1 is 1.16 bits per heavy atom. The number of thioether (sulfide) groups is 1. The minimum Gasteiger partial charge on any atom is -0.312 e. The average molecular weight is 291 g/mol. The standard InChI is InChI=1S/C14H20F3NS/c1-13(2,3)18-8-5-9-19-12-7-4-6-11(10-12)14(15,16)17/h4,6-7,10,18H,5,8-9H2,1-3H3. The molecule has 0 spiro atoms. The summed E-state index contributed by atoms with van der Waals surface area (Å²) in [5.74, 6) is 0.810. The van der Waals surface area contributed by atoms with Crippen LogP contribution in [0.4, 0.5) is 13.2 Å². The number of alkyl halides is 3. The SMILES string of the molecule is CC(C)(C)NCCCSc1cccc(C(F)(F)F)c1. The van der Waals surface area contributed by atoms with Crippen molar-refractivity contribution in [1.82, 2.24) is 5.32 Å². The number of halogens is 3. The van der Waals surface area contributed by atoms with E-state index in [0.717, 1.165) is 24.8 Å². The van der Waals surface area contributed by atoms with Crippen molar-refractivity contribution >= 4 is 11.8 Å². The molecule has 0 aliphatic carbocycles. The lowest BCUT2D eigenvalue weighted by Gasteiger charge is -2.20. The van der Waals surface area contributed by atoms with Crippen molar-refractivity contribution in [3.63, 3.8) is 0 Å². The number of hydrogen-bond acceptors (Lipinski definition) is 2. The maximum atomic E-state index is 12.5. The van der Waals surface area contributed by atoms with Gasteiger partial charge < -0.3 is 5.32 Å². The van der Waals surface area contributed by atoms with Gasteiger partial charge in [0.2, 0.25) is 0 Å². The Balaban J connectivity index is 2.38. The normalized spacial score (nSPS) is 12.7. The van der Waals surface area contributed by atoms with Crippen LogP contribution in [0.25, 0.3) is 0 Å². The monoisotopic (exact) mass is 291 g/mol. The van der Waals surface area contributed by atoms with Gasteiger partial charge in [-0.1, -0.05) is 6.07 Å². The van der Waals surface area contributed by atoms with Gasteiger partial charge in [-0.25, -0.2) is 0 Å². The molecule has 0 fully saturated rings. The molecule has 1 aromatic rings. The van der Waals surface area contributed by atoms with E-state index in [0.29, 0.717) is 4.90 Å². The molecule has 0 saturated heterocycles. The van der Waals surface area contributed by atoms with Gasteiger partial charge in [-0.05, 0) is 57.7 Å². The molecule has 0 atom stereocenters. The Labute approximate surface area is 117 Å². The number of nitrogens with one attached hydrogen (secondary N) is 1. The van der Waals surface area contributed by atoms with Crippen LogP contribution in [0, 0.1) is 0 Å². The minimum absolute atomic E-state index is 0.0842. The van der Waals surface area contributed by atoms with Crippen LogP contribution < -0.4 is 5.32 Å². The van der Waals surface area contributed by atoms with Gasteiger partial charge in [0.15, 0.2) is 0 Å². The highest BCUT2D eigenvalue weighted by Gasteiger charge is 2.30. The first kappa shape index (κ1) is 16.4. The van der Waals surface area contributed by atoms with Crippen LogP contribution in [0.15, 0.2) is 29.2 Å². The highest BCUT2D eigenvalue weighted by Crippen LogP contribution is 2.31. The fourth-order valence-corrected chi connectivity index (χ4v) is 2.40. The van der Waals surface area contributed by atoms with Gasteiger partial charge in [-0.15, -0.1) is 11.8 Å². The zero-order chi connectivity index (χ0) is 14.5. The Bertz CT molecular complexity index is 396. The summed E-state index contributed by atoms with van der Waals surface area (Å²) in [5.41, 5.74) is -0.494. The third-order valence-electron chi connectivity index (χ3n) is 2.41. The zero-order valence-electron chi connectivity index (χ0n) is 11.5. The molecule has 0 aliphatic heterocycles. The van der Waals surface area contributed by atoms with Crippen LogP contribution in [0.1, 0.15) is 32.8 Å². The van der Waals surface area contributed by atoms with Crippen LogP contribution in [0.5, 0.6) is 0 Å². The molecule has 0 bridgehead atoms. The van der Waals surface area contributed by atoms with E-state index in [-0.39, 0.29) is 5.54 Å². The molecule has 0 amide bonds. The van der Waals surface area contributed by atoms with Gasteiger partial charge in [-0.3, -0.25) is 0 Å². The smallest absolute Gasteiger partial charge is 0.312 e. The molecule has 0 aliphatic rings. The molecule has 1 aromatic carbocycles. The predicted octanol–water partition coefficient (Wildman–Crippen LogP) is 4.58. The van der Waals surface area contributed by atoms with Crippen LogP contribution >= 0.6 is 11.8 Å². The lowest BCUT2D eigenvalue weighted by Crippen LogP contribution is -2.36. The van der Waals surface area contributed by atoms with E-state index in [1.54, 1.807) is 6.07 Å². The molecule has 108 valence electrons. The quantitative estimate of drug-likeness (QED) is 0.629. The van der Waals surface area contributed by atoms with Gasteiger partial charge in [-0.2, -0.15) is 13.2 Å². The molecule has 0 radical (unpaired) electrons. The number of hydrogen-bond donors (Lipinski definition) is 1. The zero-order valence-corrected chi connectivity index (χ0v) is 12.3. The van der Waals surface area contributed by atoms with E-state index in [2.05, 4.69) is 26.1 Å². The van der Waals surface area contributed by atoms with Crippen LogP contribution in [-0.2, 0) is 6.18 Å². The van der Waals surface area contributed by atoms with Gasteiger partial charge in [0.25, 0.3) is 0 Å². The largest absolute Gasteiger partial charge is 0.416 e. The molecular formula is C14H20F3NS. The third-order valence-corrected chi connectivity index (χ3v) is 3.49. The first-order valence-corrected chi connectivity index (χ1v) is 7.22. The molecule has 0 heterocycles. The minimum atomic E-state index is -4.26. The summed E-state index contributed by atoms with van der Waals surface area (Å²) in [4.78, 5) is 0.672. The highest BCUT2D eigenvalue weighted by atomic mass is 32.2. The van der Waals surface area contributed by atoms with E-state index in [1.165, 1.54) is 23.9 Å². The van der Waals surface area contributed by atoms with Crippen molar-refractivity contribution in [2.24, 2.45) is 0 Å². The molecule has 0 aromatic heterocycles. The maximum Gasteiger partial charge on any atom is 0.416 e. The van der Waals surface area contributed by atoms with Crippen LogP contribution in [0.3, 0.4) is 0 Å². The number of benzene rings is 1. The van der Waals surface area contributed by atoms with E-state index in [4.69, 9.17) is 0 Å². The molecule has 5 heteroatoms. The summed E-state index contributed by atoms with van der Waals surface area (Å²) in [6.07, 6.45) is -3.33. The Hall–Kier alpha value is -0.680. The first-order valence-electron chi connectivity index (χ1n) is 6.23. The van der Waals surface area contributed by atoms with Crippen molar-refractivity contribution in [2.75, 3.05) is 12.3 Å². The fourth-order valence-electron chi connectivity index (χ4n) is 1.49. The van der Waals surface area contributed by atoms with Crippen molar-refractivity contribution < 1.29 is 13.2 Å². The van der Waals surface area contributed by atoms with Crippen molar-refractivity contribution in [2.45, 2.75) is 43.8 Å². The second kappa shape index (κ2) is 6.66. The molecule has 1 rings (SSSR count). The fraction of sp³-hybridized carbons (Fsp3) is 0.571. The third kappa shape index (κ3) is 6.87. The summed E-state index contributed by atoms with van der Waals surface area (Å²) >= 11 is 1.46. The summed E-state index contributed by atoms with van der Waals surface area (Å²) in [6, 6.07) is 5.49. The van der Waals surface area contributed by atoms with Crippen molar-refractivity contribution in [3.8, 4) is 0 Å². The van der Waals surface area contributed by atoms with Crippen LogP contribution in [-0.4, -0.2) is 17.8 Å². The molecule has 0 unspecified atom stereocenters. The van der Waals surface area contributed by atoms with E-state index in [9.17, 15) is 13.2 Å². The summed E-state index contributed by atoms with van der Waals surface area (Å²) in [5, 5.41) is 3.35. The van der Waals surface area contributed by atoms with E-state index >= 15 is 0 Å². The lowest BCUT2D eigenvalue weighted by molar-refractivity contribution is -0.137. The topological polar surface area (TPSA) is 12.0 Å². The first-order chi connectivity index (χ1) is 8.68. The maximum absolute atomic E-state index is 12.5. The van der Waals surface area contributed by atoms with E-state index in [1.807, 2.05) is 0 Å². The molecule has 1 N–H and O–H groups in total.